The lowest BCUT2D eigenvalue weighted by Gasteiger charge is -2.16. The molecule has 1 aliphatic rings. The van der Waals surface area contributed by atoms with Gasteiger partial charge in [-0.2, -0.15) is 0 Å². The summed E-state index contributed by atoms with van der Waals surface area (Å²) in [4.78, 5) is 0. The SMILES string of the molecule is COC1=C(OC)C(c2ccccc2)c2cccc(OC)c21. The zero-order valence-electron chi connectivity index (χ0n) is 12.4. The number of allylic oxidation sites excluding steroid dienone is 1. The molecular formula is C18H18O3. The van der Waals surface area contributed by atoms with Crippen molar-refractivity contribution in [1.82, 2.24) is 0 Å². The second-order valence-corrected chi connectivity index (χ2v) is 4.87. The normalized spacial score (nSPS) is 16.6. The van der Waals surface area contributed by atoms with Crippen molar-refractivity contribution in [3.8, 4) is 5.75 Å². The average Bonchev–Trinajstić information content (AvgIpc) is 2.88. The largest absolute Gasteiger partial charge is 0.496 e. The first-order valence-electron chi connectivity index (χ1n) is 6.86. The monoisotopic (exact) mass is 282 g/mol. The molecule has 2 aromatic carbocycles. The molecule has 0 saturated carbocycles. The van der Waals surface area contributed by atoms with Crippen LogP contribution in [0.15, 0.2) is 54.3 Å². The van der Waals surface area contributed by atoms with Gasteiger partial charge < -0.3 is 14.2 Å². The maximum Gasteiger partial charge on any atom is 0.168 e. The summed E-state index contributed by atoms with van der Waals surface area (Å²) < 4.78 is 16.8. The zero-order valence-corrected chi connectivity index (χ0v) is 12.4. The molecule has 108 valence electrons. The topological polar surface area (TPSA) is 27.7 Å². The second-order valence-electron chi connectivity index (χ2n) is 4.87. The van der Waals surface area contributed by atoms with Crippen molar-refractivity contribution in [2.45, 2.75) is 5.92 Å². The van der Waals surface area contributed by atoms with E-state index < -0.39 is 0 Å². The Kier molecular flexibility index (Phi) is 3.57. The van der Waals surface area contributed by atoms with E-state index in [1.165, 1.54) is 5.56 Å². The quantitative estimate of drug-likeness (QED) is 0.853. The van der Waals surface area contributed by atoms with Gasteiger partial charge >= 0.3 is 0 Å². The van der Waals surface area contributed by atoms with Crippen LogP contribution in [0.5, 0.6) is 5.75 Å². The van der Waals surface area contributed by atoms with Crippen LogP contribution in [-0.4, -0.2) is 21.3 Å². The number of methoxy groups -OCH3 is 3. The molecule has 0 spiro atoms. The minimum atomic E-state index is 0.0382. The summed E-state index contributed by atoms with van der Waals surface area (Å²) in [6.07, 6.45) is 0. The smallest absolute Gasteiger partial charge is 0.168 e. The number of rotatable bonds is 4. The molecule has 3 nitrogen and oxygen atoms in total. The van der Waals surface area contributed by atoms with Crippen molar-refractivity contribution < 1.29 is 14.2 Å². The summed E-state index contributed by atoms with van der Waals surface area (Å²) >= 11 is 0. The highest BCUT2D eigenvalue weighted by Crippen LogP contribution is 2.49. The van der Waals surface area contributed by atoms with Gasteiger partial charge in [0.1, 0.15) is 11.5 Å². The first kappa shape index (κ1) is 13.6. The van der Waals surface area contributed by atoms with E-state index in [0.717, 1.165) is 28.4 Å². The molecule has 0 radical (unpaired) electrons. The Morgan fingerprint density at radius 2 is 1.52 bits per heavy atom. The molecule has 0 bridgehead atoms. The summed E-state index contributed by atoms with van der Waals surface area (Å²) in [6.45, 7) is 0. The molecule has 21 heavy (non-hydrogen) atoms. The van der Waals surface area contributed by atoms with Crippen LogP contribution < -0.4 is 4.74 Å². The van der Waals surface area contributed by atoms with Crippen LogP contribution in [0.4, 0.5) is 0 Å². The van der Waals surface area contributed by atoms with E-state index in [0.29, 0.717) is 0 Å². The van der Waals surface area contributed by atoms with Crippen LogP contribution in [0, 0.1) is 0 Å². The Morgan fingerprint density at radius 1 is 0.762 bits per heavy atom. The van der Waals surface area contributed by atoms with Crippen LogP contribution in [0.3, 0.4) is 0 Å². The third kappa shape index (κ3) is 2.05. The van der Waals surface area contributed by atoms with Gasteiger partial charge in [0.05, 0.1) is 32.8 Å². The van der Waals surface area contributed by atoms with Crippen molar-refractivity contribution >= 4 is 5.76 Å². The molecule has 1 unspecified atom stereocenters. The molecule has 1 aliphatic carbocycles. The van der Waals surface area contributed by atoms with E-state index in [9.17, 15) is 0 Å². The average molecular weight is 282 g/mol. The number of benzene rings is 2. The minimum Gasteiger partial charge on any atom is -0.496 e. The fourth-order valence-corrected chi connectivity index (χ4v) is 2.99. The van der Waals surface area contributed by atoms with Gasteiger partial charge in [-0.1, -0.05) is 42.5 Å². The van der Waals surface area contributed by atoms with Crippen LogP contribution >= 0.6 is 0 Å². The second kappa shape index (κ2) is 5.52. The van der Waals surface area contributed by atoms with E-state index in [4.69, 9.17) is 14.2 Å². The molecule has 0 heterocycles. The van der Waals surface area contributed by atoms with Crippen molar-refractivity contribution in [3.63, 3.8) is 0 Å². The fourth-order valence-electron chi connectivity index (χ4n) is 2.99. The van der Waals surface area contributed by atoms with Gasteiger partial charge in [-0.25, -0.2) is 0 Å². The molecule has 0 fully saturated rings. The molecule has 0 aromatic heterocycles. The van der Waals surface area contributed by atoms with Crippen LogP contribution in [0.25, 0.3) is 5.76 Å². The van der Waals surface area contributed by atoms with Gasteiger partial charge in [0.25, 0.3) is 0 Å². The first-order valence-corrected chi connectivity index (χ1v) is 6.86. The number of hydrogen-bond acceptors (Lipinski definition) is 3. The molecule has 0 amide bonds. The van der Waals surface area contributed by atoms with E-state index in [-0.39, 0.29) is 5.92 Å². The summed E-state index contributed by atoms with van der Waals surface area (Å²) in [5, 5.41) is 0. The molecule has 0 N–H and O–H groups in total. The van der Waals surface area contributed by atoms with Gasteiger partial charge in [0.2, 0.25) is 0 Å². The van der Waals surface area contributed by atoms with Gasteiger partial charge in [-0.15, -0.1) is 0 Å². The van der Waals surface area contributed by atoms with Gasteiger partial charge in [-0.05, 0) is 17.2 Å². The molecule has 1 atom stereocenters. The summed E-state index contributed by atoms with van der Waals surface area (Å²) in [7, 11) is 5.02. The molecule has 2 aromatic rings. The van der Waals surface area contributed by atoms with Gasteiger partial charge in [0, 0.05) is 0 Å². The Morgan fingerprint density at radius 3 is 2.14 bits per heavy atom. The Balaban J connectivity index is 2.25. The lowest BCUT2D eigenvalue weighted by atomic mass is 9.92. The lowest BCUT2D eigenvalue weighted by molar-refractivity contribution is 0.255. The zero-order chi connectivity index (χ0) is 14.8. The van der Waals surface area contributed by atoms with E-state index >= 15 is 0 Å². The molecular weight excluding hydrogens is 264 g/mol. The lowest BCUT2D eigenvalue weighted by Crippen LogP contribution is -2.03. The number of hydrogen-bond donors (Lipinski definition) is 0. The maximum atomic E-state index is 5.66. The number of ether oxygens (including phenoxy) is 3. The Labute approximate surface area is 124 Å². The number of fused-ring (bicyclic) bond motifs is 1. The first-order chi connectivity index (χ1) is 10.3. The molecule has 0 aliphatic heterocycles. The third-order valence-corrected chi connectivity index (χ3v) is 3.86. The van der Waals surface area contributed by atoms with Crippen molar-refractivity contribution in [2.75, 3.05) is 21.3 Å². The summed E-state index contributed by atoms with van der Waals surface area (Å²) in [5.41, 5.74) is 3.30. The summed E-state index contributed by atoms with van der Waals surface area (Å²) in [6, 6.07) is 16.3. The third-order valence-electron chi connectivity index (χ3n) is 3.86. The standard InChI is InChI=1S/C18H18O3/c1-19-14-11-7-10-13-15(12-8-5-4-6-9-12)17(20-2)18(21-3)16(13)14/h4-11,15H,1-3H3. The van der Waals surface area contributed by atoms with E-state index in [1.54, 1.807) is 21.3 Å². The molecule has 3 heteroatoms. The van der Waals surface area contributed by atoms with Crippen LogP contribution in [-0.2, 0) is 9.47 Å². The van der Waals surface area contributed by atoms with Crippen molar-refractivity contribution in [1.29, 1.82) is 0 Å². The summed E-state index contributed by atoms with van der Waals surface area (Å²) in [5.74, 6) is 2.41. The molecule has 3 rings (SSSR count). The van der Waals surface area contributed by atoms with Crippen LogP contribution in [0.2, 0.25) is 0 Å². The molecule has 0 saturated heterocycles. The van der Waals surface area contributed by atoms with Crippen molar-refractivity contribution in [2.24, 2.45) is 0 Å². The minimum absolute atomic E-state index is 0.0382. The fraction of sp³-hybridized carbons (Fsp3) is 0.222. The van der Waals surface area contributed by atoms with Gasteiger partial charge in [0.15, 0.2) is 5.76 Å². The highest BCUT2D eigenvalue weighted by Gasteiger charge is 2.36. The predicted molar refractivity (Wildman–Crippen MR) is 82.2 cm³/mol. The van der Waals surface area contributed by atoms with E-state index in [1.807, 2.05) is 30.3 Å². The van der Waals surface area contributed by atoms with E-state index in [2.05, 4.69) is 18.2 Å². The predicted octanol–water partition coefficient (Wildman–Crippen LogP) is 3.80. The highest BCUT2D eigenvalue weighted by molar-refractivity contribution is 5.78. The van der Waals surface area contributed by atoms with Gasteiger partial charge in [-0.3, -0.25) is 0 Å². The van der Waals surface area contributed by atoms with Crippen LogP contribution in [0.1, 0.15) is 22.6 Å². The van der Waals surface area contributed by atoms with Crippen molar-refractivity contribution in [3.05, 3.63) is 71.0 Å². The Bertz CT molecular complexity index is 674. The highest BCUT2D eigenvalue weighted by atomic mass is 16.5. The maximum absolute atomic E-state index is 5.66. The Hall–Kier alpha value is -2.42.